The summed E-state index contributed by atoms with van der Waals surface area (Å²) in [6.07, 6.45) is 0. The molecule has 0 aromatic rings. The van der Waals surface area contributed by atoms with Crippen LogP contribution >= 0.6 is 16.1 Å². The van der Waals surface area contributed by atoms with Gasteiger partial charge < -0.3 is 18.3 Å². The van der Waals surface area contributed by atoms with E-state index >= 15 is 0 Å². The van der Waals surface area contributed by atoms with Crippen molar-refractivity contribution in [1.29, 1.82) is 0 Å². The van der Waals surface area contributed by atoms with Gasteiger partial charge in [0, 0.05) is 6.61 Å². The van der Waals surface area contributed by atoms with Crippen LogP contribution in [0.5, 0.6) is 0 Å². The van der Waals surface area contributed by atoms with Crippen molar-refractivity contribution in [2.45, 2.75) is 26.4 Å². The molecule has 0 radical (unpaired) electrons. The summed E-state index contributed by atoms with van der Waals surface area (Å²) in [6.45, 7) is 5.98. The number of ether oxygens (including phenoxy) is 1. The quantitative estimate of drug-likeness (QED) is 0.613. The van der Waals surface area contributed by atoms with Gasteiger partial charge in [-0.15, -0.1) is 0 Å². The fraction of sp³-hybridized carbons (Fsp3) is 1.00. The normalized spacial score (nSPS) is 15.1. The lowest BCUT2D eigenvalue weighted by atomic mass is 10.9. The second kappa shape index (κ2) is 7.61. The lowest BCUT2D eigenvalue weighted by Gasteiger charge is -2.22. The Morgan fingerprint density at radius 3 is 1.93 bits per heavy atom. The maximum absolute atomic E-state index is 12.0. The summed E-state index contributed by atoms with van der Waals surface area (Å²) in [4.78, 5) is 0. The van der Waals surface area contributed by atoms with Crippen LogP contribution in [0.1, 0.15) is 20.8 Å². The standard InChI is InChI=1S/C7H18O5P2/c1-4-10-7(13-8)14(9,11-5-2)12-6-3/h7H,4-6,13H2,1-3H3. The zero-order valence-corrected chi connectivity index (χ0v) is 10.8. The molecule has 0 aliphatic carbocycles. The lowest BCUT2D eigenvalue weighted by molar-refractivity contribution is 0.121. The summed E-state index contributed by atoms with van der Waals surface area (Å²) >= 11 is 0. The van der Waals surface area contributed by atoms with E-state index in [0.29, 0.717) is 6.61 Å². The zero-order chi connectivity index (χ0) is 11.0. The molecule has 2 atom stereocenters. The molecule has 5 nitrogen and oxygen atoms in total. The molecule has 0 aliphatic heterocycles. The van der Waals surface area contributed by atoms with Crippen LogP contribution in [-0.4, -0.2) is 25.4 Å². The second-order valence-corrected chi connectivity index (χ2v) is 5.90. The first-order chi connectivity index (χ1) is 6.64. The Kier molecular flexibility index (Phi) is 7.79. The third-order valence-corrected chi connectivity index (χ3v) is 5.28. The molecule has 0 spiro atoms. The van der Waals surface area contributed by atoms with Gasteiger partial charge in [0.15, 0.2) is 0 Å². The molecule has 0 N–H and O–H groups in total. The van der Waals surface area contributed by atoms with Crippen LogP contribution in [0.15, 0.2) is 0 Å². The van der Waals surface area contributed by atoms with Gasteiger partial charge in [-0.3, -0.25) is 4.57 Å². The van der Waals surface area contributed by atoms with Gasteiger partial charge in [0.05, 0.1) is 13.2 Å². The molecule has 0 aromatic carbocycles. The van der Waals surface area contributed by atoms with Crippen LogP contribution in [0.25, 0.3) is 0 Å². The summed E-state index contributed by atoms with van der Waals surface area (Å²) in [5.74, 6) is 0. The van der Waals surface area contributed by atoms with Crippen LogP contribution in [0.4, 0.5) is 0 Å². The summed E-state index contributed by atoms with van der Waals surface area (Å²) in [6, 6.07) is 0. The van der Waals surface area contributed by atoms with E-state index < -0.39 is 21.6 Å². The fourth-order valence-electron chi connectivity index (χ4n) is 0.920. The molecule has 0 saturated heterocycles. The maximum atomic E-state index is 12.0. The average Bonchev–Trinajstić information content (AvgIpc) is 2.14. The highest BCUT2D eigenvalue weighted by atomic mass is 31.2. The van der Waals surface area contributed by atoms with Crippen molar-refractivity contribution in [2.75, 3.05) is 19.8 Å². The predicted molar refractivity (Wildman–Crippen MR) is 56.7 cm³/mol. The third kappa shape index (κ3) is 4.24. The molecule has 0 saturated carbocycles. The van der Waals surface area contributed by atoms with E-state index in [1.807, 2.05) is 0 Å². The van der Waals surface area contributed by atoms with Gasteiger partial charge in [-0.05, 0) is 20.8 Å². The van der Waals surface area contributed by atoms with Gasteiger partial charge in [0.25, 0.3) is 0 Å². The third-order valence-electron chi connectivity index (χ3n) is 1.38. The van der Waals surface area contributed by atoms with Crippen molar-refractivity contribution in [3.63, 3.8) is 0 Å². The van der Waals surface area contributed by atoms with Gasteiger partial charge in [-0.25, -0.2) is 0 Å². The van der Waals surface area contributed by atoms with Crippen LogP contribution in [0, 0.1) is 0 Å². The van der Waals surface area contributed by atoms with E-state index in [1.165, 1.54) is 0 Å². The Balaban J connectivity index is 4.57. The van der Waals surface area contributed by atoms with Crippen molar-refractivity contribution in [2.24, 2.45) is 0 Å². The van der Waals surface area contributed by atoms with Crippen molar-refractivity contribution >= 4 is 16.1 Å². The van der Waals surface area contributed by atoms with Gasteiger partial charge in [0.1, 0.15) is 8.46 Å². The summed E-state index contributed by atoms with van der Waals surface area (Å²) in [5, 5.41) is 0. The molecule has 0 amide bonds. The molecule has 86 valence electrons. The SMILES string of the molecule is CCOC([PH2]=O)P(=O)(OCC)OCC. The van der Waals surface area contributed by atoms with Crippen LogP contribution in [0.2, 0.25) is 0 Å². The molecule has 2 unspecified atom stereocenters. The molecule has 0 heterocycles. The number of rotatable bonds is 8. The maximum Gasteiger partial charge on any atom is 0.366 e. The van der Waals surface area contributed by atoms with Gasteiger partial charge in [-0.2, -0.15) is 0 Å². The molecular formula is C7H18O5P2. The van der Waals surface area contributed by atoms with Crippen LogP contribution in [-0.2, 0) is 22.9 Å². The Labute approximate surface area is 85.9 Å². The van der Waals surface area contributed by atoms with Crippen molar-refractivity contribution < 1.29 is 22.9 Å². The Morgan fingerprint density at radius 1 is 1.14 bits per heavy atom. The summed E-state index contributed by atoms with van der Waals surface area (Å²) in [5.41, 5.74) is -0.910. The highest BCUT2D eigenvalue weighted by molar-refractivity contribution is 7.63. The van der Waals surface area contributed by atoms with E-state index in [1.54, 1.807) is 20.8 Å². The minimum Gasteiger partial charge on any atom is -0.359 e. The molecule has 0 aliphatic rings. The largest absolute Gasteiger partial charge is 0.366 e. The minimum absolute atomic E-state index is 0.250. The van der Waals surface area contributed by atoms with Crippen molar-refractivity contribution in [1.82, 2.24) is 0 Å². The predicted octanol–water partition coefficient (Wildman–Crippen LogP) is 2.33. The van der Waals surface area contributed by atoms with Crippen LogP contribution in [0.3, 0.4) is 0 Å². The number of hydrogen-bond acceptors (Lipinski definition) is 5. The average molecular weight is 244 g/mol. The van der Waals surface area contributed by atoms with Gasteiger partial charge >= 0.3 is 7.60 Å². The first kappa shape index (κ1) is 14.3. The van der Waals surface area contributed by atoms with E-state index in [4.69, 9.17) is 13.8 Å². The Hall–Kier alpha value is 0.340. The van der Waals surface area contributed by atoms with E-state index in [0.717, 1.165) is 0 Å². The molecule has 14 heavy (non-hydrogen) atoms. The molecule has 0 bridgehead atoms. The minimum atomic E-state index is -3.34. The van der Waals surface area contributed by atoms with Gasteiger partial charge in [-0.1, -0.05) is 0 Å². The first-order valence-corrected chi connectivity index (χ1v) is 7.35. The monoisotopic (exact) mass is 244 g/mol. The van der Waals surface area contributed by atoms with E-state index in [2.05, 4.69) is 0 Å². The zero-order valence-electron chi connectivity index (χ0n) is 8.76. The molecule has 0 aromatic heterocycles. The molecular weight excluding hydrogens is 226 g/mol. The highest BCUT2D eigenvalue weighted by Gasteiger charge is 2.35. The van der Waals surface area contributed by atoms with Crippen molar-refractivity contribution in [3.05, 3.63) is 0 Å². The molecule has 0 rings (SSSR count). The van der Waals surface area contributed by atoms with E-state index in [-0.39, 0.29) is 13.2 Å². The topological polar surface area (TPSA) is 61.8 Å². The Morgan fingerprint density at radius 2 is 1.64 bits per heavy atom. The van der Waals surface area contributed by atoms with Crippen LogP contribution < -0.4 is 0 Å². The first-order valence-electron chi connectivity index (χ1n) is 4.60. The van der Waals surface area contributed by atoms with Crippen molar-refractivity contribution in [3.8, 4) is 0 Å². The molecule has 7 heteroatoms. The summed E-state index contributed by atoms with van der Waals surface area (Å²) in [7, 11) is -4.68. The summed E-state index contributed by atoms with van der Waals surface area (Å²) < 4.78 is 37.9. The second-order valence-electron chi connectivity index (χ2n) is 2.36. The number of hydrogen-bond donors (Lipinski definition) is 0. The lowest BCUT2D eigenvalue weighted by Crippen LogP contribution is -2.11. The Bertz CT molecular complexity index is 198. The van der Waals surface area contributed by atoms with E-state index in [9.17, 15) is 9.13 Å². The highest BCUT2D eigenvalue weighted by Crippen LogP contribution is 2.57. The molecule has 0 fully saturated rings. The van der Waals surface area contributed by atoms with Gasteiger partial charge in [0.2, 0.25) is 5.59 Å². The smallest absolute Gasteiger partial charge is 0.359 e. The fourth-order valence-corrected chi connectivity index (χ4v) is 3.72.